The van der Waals surface area contributed by atoms with Gasteiger partial charge in [0, 0.05) is 12.0 Å². The second-order valence-corrected chi connectivity index (χ2v) is 5.89. The molecule has 1 rings (SSSR count). The van der Waals surface area contributed by atoms with E-state index in [1.807, 2.05) is 10.6 Å². The third-order valence-electron chi connectivity index (χ3n) is 3.10. The van der Waals surface area contributed by atoms with Crippen molar-refractivity contribution in [1.82, 2.24) is 21.3 Å². The quantitative estimate of drug-likeness (QED) is 0.152. The molecule has 1 heterocycles. The monoisotopic (exact) mass is 417 g/mol. The molecule has 0 radical (unpaired) electrons. The van der Waals surface area contributed by atoms with Crippen LogP contribution in [0, 0.1) is 5.41 Å². The normalized spacial score (nSPS) is 16.5. The first-order valence-corrected chi connectivity index (χ1v) is 7.36. The van der Waals surface area contributed by atoms with Gasteiger partial charge in [0.05, 0.1) is 13.0 Å². The van der Waals surface area contributed by atoms with Crippen LogP contribution in [0.3, 0.4) is 0 Å². The molecule has 27 heavy (non-hydrogen) atoms. The summed E-state index contributed by atoms with van der Waals surface area (Å²) >= 11 is 0. The maximum absolute atomic E-state index is 11.3. The van der Waals surface area contributed by atoms with Crippen molar-refractivity contribution < 1.29 is 39.3 Å². The first-order chi connectivity index (χ1) is 11.9. The van der Waals surface area contributed by atoms with Gasteiger partial charge in [-0.3, -0.25) is 19.7 Å². The topological polar surface area (TPSA) is 220 Å². The molecule has 0 aliphatic carbocycles. The van der Waals surface area contributed by atoms with Gasteiger partial charge in [-0.05, 0) is 0 Å². The number of hydrogen-bond donors (Lipinski definition) is 8. The molecular formula is C13H23CaN5O8+2. The van der Waals surface area contributed by atoms with Gasteiger partial charge in [-0.25, -0.2) is 9.59 Å². The Morgan fingerprint density at radius 2 is 1.85 bits per heavy atom. The molecule has 1 fully saturated rings. The smallest absolute Gasteiger partial charge is 0.481 e. The number of carboxylic acids is 1. The number of carbonyl (C=O) groups excluding carboxylic acids is 4. The Labute approximate surface area is 184 Å². The first-order valence-electron chi connectivity index (χ1n) is 7.36. The zero-order chi connectivity index (χ0) is 20.5. The fraction of sp³-hybridized carbons (Fsp3) is 0.615. The summed E-state index contributed by atoms with van der Waals surface area (Å²) in [5, 5.41) is 35.0. The van der Waals surface area contributed by atoms with Gasteiger partial charge in [0.1, 0.15) is 6.10 Å². The standard InChI is InChI=1S/C9H17NO5.C4H6N4O3.Ca/c1-9(2,5-11)7(14)8(15)10-4-3-6(12)13;5-3(10)6-1-2(9)8-4(11)7-1;/h7,11,14H,3-5H2,1-2H3,(H,10,15)(H,12,13);1H,(H3,5,6,10)(H2,7,8,9,11);/q;;+2/t7-;;/m0../s1. The molecule has 9 N–H and O–H groups in total. The van der Waals surface area contributed by atoms with E-state index in [1.165, 1.54) is 13.8 Å². The van der Waals surface area contributed by atoms with Crippen LogP contribution in [0.1, 0.15) is 20.3 Å². The van der Waals surface area contributed by atoms with Crippen molar-refractivity contribution in [1.29, 1.82) is 0 Å². The summed E-state index contributed by atoms with van der Waals surface area (Å²) in [6, 6.07) is -1.51. The molecule has 14 heteroatoms. The predicted octanol–water partition coefficient (Wildman–Crippen LogP) is -3.60. The van der Waals surface area contributed by atoms with E-state index >= 15 is 0 Å². The number of hydrogen-bond acceptors (Lipinski definition) is 7. The molecule has 0 aromatic carbocycles. The Hall–Kier alpha value is -1.67. The third-order valence-corrected chi connectivity index (χ3v) is 3.10. The number of amides is 6. The minimum Gasteiger partial charge on any atom is -0.481 e. The maximum atomic E-state index is 11.3. The molecule has 1 aliphatic heterocycles. The summed E-state index contributed by atoms with van der Waals surface area (Å²) in [6.07, 6.45) is -2.59. The number of urea groups is 2. The van der Waals surface area contributed by atoms with E-state index in [0.717, 1.165) is 0 Å². The average molecular weight is 417 g/mol. The summed E-state index contributed by atoms with van der Waals surface area (Å²) in [4.78, 5) is 52.7. The van der Waals surface area contributed by atoms with Crippen LogP contribution in [0.2, 0.25) is 0 Å². The number of carbonyl (C=O) groups is 5. The SMILES string of the molecule is CC(C)(CO)[C@@H](O)C(=O)NCCC(=O)O.NC(=O)NC1NC(=O)NC1=O.[Ca+2]. The molecule has 1 aliphatic rings. The number of rotatable bonds is 7. The Bertz CT molecular complexity index is 571. The molecule has 1 unspecified atom stereocenters. The molecule has 0 aromatic heterocycles. The largest absolute Gasteiger partial charge is 2.00 e. The van der Waals surface area contributed by atoms with E-state index in [4.69, 9.17) is 15.9 Å². The number of imide groups is 1. The number of aliphatic hydroxyl groups is 2. The Morgan fingerprint density at radius 1 is 1.30 bits per heavy atom. The molecule has 0 aromatic rings. The van der Waals surface area contributed by atoms with Gasteiger partial charge in [0.2, 0.25) is 5.91 Å². The van der Waals surface area contributed by atoms with Crippen LogP contribution in [0.15, 0.2) is 0 Å². The second-order valence-electron chi connectivity index (χ2n) is 5.89. The maximum Gasteiger partial charge on any atom is 2.00 e. The van der Waals surface area contributed by atoms with Crippen LogP contribution in [-0.2, 0) is 14.4 Å². The summed E-state index contributed by atoms with van der Waals surface area (Å²) in [6.45, 7) is 2.70. The van der Waals surface area contributed by atoms with Crippen LogP contribution in [0.4, 0.5) is 9.59 Å². The summed E-state index contributed by atoms with van der Waals surface area (Å²) in [5.74, 6) is -2.31. The van der Waals surface area contributed by atoms with Gasteiger partial charge in [-0.15, -0.1) is 0 Å². The van der Waals surface area contributed by atoms with Gasteiger partial charge in [-0.1, -0.05) is 13.8 Å². The minimum atomic E-state index is -1.35. The molecule has 0 spiro atoms. The van der Waals surface area contributed by atoms with E-state index in [2.05, 4.69) is 10.6 Å². The van der Waals surface area contributed by atoms with Gasteiger partial charge < -0.3 is 37.0 Å². The van der Waals surface area contributed by atoms with Crippen molar-refractivity contribution in [3.63, 3.8) is 0 Å². The number of aliphatic hydroxyl groups excluding tert-OH is 2. The molecule has 1 saturated heterocycles. The molecule has 6 amide bonds. The Morgan fingerprint density at radius 3 is 2.22 bits per heavy atom. The number of nitrogens with one attached hydrogen (secondary N) is 4. The number of nitrogens with two attached hydrogens (primary N) is 1. The zero-order valence-corrected chi connectivity index (χ0v) is 17.2. The minimum absolute atomic E-state index is 0. The average Bonchev–Trinajstić information content (AvgIpc) is 2.83. The molecule has 0 bridgehead atoms. The predicted molar refractivity (Wildman–Crippen MR) is 91.1 cm³/mol. The van der Waals surface area contributed by atoms with Gasteiger partial charge in [-0.2, -0.15) is 0 Å². The fourth-order valence-electron chi connectivity index (χ4n) is 1.49. The zero-order valence-electron chi connectivity index (χ0n) is 14.9. The summed E-state index contributed by atoms with van der Waals surface area (Å²) < 4.78 is 0. The van der Waals surface area contributed by atoms with Crippen molar-refractivity contribution in [3.05, 3.63) is 0 Å². The van der Waals surface area contributed by atoms with Crippen molar-refractivity contribution in [2.75, 3.05) is 13.2 Å². The molecule has 2 atom stereocenters. The van der Waals surface area contributed by atoms with Crippen molar-refractivity contribution in [3.8, 4) is 0 Å². The van der Waals surface area contributed by atoms with Gasteiger partial charge in [0.15, 0.2) is 6.17 Å². The van der Waals surface area contributed by atoms with Crippen molar-refractivity contribution in [2.45, 2.75) is 32.5 Å². The molecular weight excluding hydrogens is 394 g/mol. The van der Waals surface area contributed by atoms with Crippen LogP contribution < -0.4 is 27.0 Å². The third kappa shape index (κ3) is 10.9. The van der Waals surface area contributed by atoms with Crippen LogP contribution >= 0.6 is 0 Å². The Kier molecular flexibility index (Phi) is 12.9. The summed E-state index contributed by atoms with van der Waals surface area (Å²) in [7, 11) is 0. The molecule has 0 saturated carbocycles. The van der Waals surface area contributed by atoms with Crippen LogP contribution in [0.5, 0.6) is 0 Å². The van der Waals surface area contributed by atoms with E-state index in [0.29, 0.717) is 0 Å². The van der Waals surface area contributed by atoms with E-state index in [-0.39, 0.29) is 57.3 Å². The molecule has 148 valence electrons. The Balaban J connectivity index is 0. The number of aliphatic carboxylic acids is 1. The van der Waals surface area contributed by atoms with E-state index in [9.17, 15) is 29.1 Å². The van der Waals surface area contributed by atoms with Crippen LogP contribution in [0.25, 0.3) is 0 Å². The van der Waals surface area contributed by atoms with Crippen molar-refractivity contribution >= 4 is 67.6 Å². The van der Waals surface area contributed by atoms with Crippen molar-refractivity contribution in [2.24, 2.45) is 11.1 Å². The summed E-state index contributed by atoms with van der Waals surface area (Å²) in [5.41, 5.74) is 3.76. The van der Waals surface area contributed by atoms with Gasteiger partial charge >= 0.3 is 55.8 Å². The first kappa shape index (κ1) is 27.5. The van der Waals surface area contributed by atoms with Crippen LogP contribution in [-0.4, -0.2) is 108 Å². The number of carboxylic acid groups (broad SMARTS) is 1. The fourth-order valence-corrected chi connectivity index (χ4v) is 1.49. The second kappa shape index (κ2) is 12.7. The van der Waals surface area contributed by atoms with E-state index in [1.54, 1.807) is 0 Å². The van der Waals surface area contributed by atoms with E-state index < -0.39 is 47.5 Å². The molecule has 13 nitrogen and oxygen atoms in total. The van der Waals surface area contributed by atoms with Gasteiger partial charge in [0.25, 0.3) is 5.91 Å². The number of primary amides is 1.